The minimum Gasteiger partial charge on any atom is -0.227 e. The van der Waals surface area contributed by atoms with Crippen LogP contribution in [0.4, 0.5) is 0 Å². The van der Waals surface area contributed by atoms with Gasteiger partial charge in [-0.3, -0.25) is 0 Å². The topological polar surface area (TPSA) is 43.6 Å². The highest BCUT2D eigenvalue weighted by Crippen LogP contribution is 2.09. The van der Waals surface area contributed by atoms with Crippen molar-refractivity contribution in [2.75, 3.05) is 0 Å². The number of hydrogen-bond donors (Lipinski definition) is 0. The minimum atomic E-state index is 0.236. The molecule has 0 saturated heterocycles. The fraction of sp³-hybridized carbons (Fsp3) is 0. The molecule has 56 valence electrons. The van der Waals surface area contributed by atoms with Crippen molar-refractivity contribution >= 4 is 22.9 Å². The second-order valence-corrected chi connectivity index (χ2v) is 2.98. The van der Waals surface area contributed by atoms with E-state index in [0.717, 1.165) is 5.13 Å². The van der Waals surface area contributed by atoms with E-state index < -0.39 is 0 Å². The molecule has 0 N–H and O–H groups in total. The smallest absolute Gasteiger partial charge is 0.227 e. The van der Waals surface area contributed by atoms with Gasteiger partial charge in [-0.15, -0.1) is 16.4 Å². The molecule has 0 aliphatic carbocycles. The minimum absolute atomic E-state index is 0.236. The van der Waals surface area contributed by atoms with E-state index in [1.807, 2.05) is 5.38 Å². The van der Waals surface area contributed by atoms with Gasteiger partial charge in [0.15, 0.2) is 0 Å². The Bertz CT molecular complexity index is 341. The normalized spacial score (nSPS) is 10.3. The SMILES string of the molecule is Clc1ncn(-c2nccs2)n1. The molecule has 0 aliphatic rings. The first-order valence-electron chi connectivity index (χ1n) is 2.83. The van der Waals surface area contributed by atoms with Gasteiger partial charge in [-0.25, -0.2) is 9.97 Å². The standard InChI is InChI=1S/C5H3ClN4S/c6-4-8-3-10(9-4)5-7-1-2-11-5/h1-3H. The first kappa shape index (κ1) is 6.75. The van der Waals surface area contributed by atoms with Gasteiger partial charge in [-0.05, 0) is 11.6 Å². The van der Waals surface area contributed by atoms with E-state index in [9.17, 15) is 0 Å². The Morgan fingerprint density at radius 2 is 2.36 bits per heavy atom. The van der Waals surface area contributed by atoms with Gasteiger partial charge in [-0.1, -0.05) is 0 Å². The van der Waals surface area contributed by atoms with Crippen molar-refractivity contribution in [3.8, 4) is 5.13 Å². The maximum atomic E-state index is 5.51. The number of thiazole rings is 1. The molecule has 0 atom stereocenters. The maximum absolute atomic E-state index is 5.51. The van der Waals surface area contributed by atoms with Crippen LogP contribution in [0, 0.1) is 0 Å². The third kappa shape index (κ3) is 1.24. The summed E-state index contributed by atoms with van der Waals surface area (Å²) in [6.45, 7) is 0. The molecule has 4 nitrogen and oxygen atoms in total. The largest absolute Gasteiger partial charge is 0.242 e. The summed E-state index contributed by atoms with van der Waals surface area (Å²) in [5, 5.41) is 6.74. The second kappa shape index (κ2) is 2.60. The Kier molecular flexibility index (Phi) is 1.59. The Balaban J connectivity index is 2.45. The molecule has 0 radical (unpaired) electrons. The highest BCUT2D eigenvalue weighted by Gasteiger charge is 2.00. The number of nitrogens with zero attached hydrogens (tertiary/aromatic N) is 4. The van der Waals surface area contributed by atoms with E-state index in [1.54, 1.807) is 6.20 Å². The molecule has 11 heavy (non-hydrogen) atoms. The number of aromatic nitrogens is 4. The van der Waals surface area contributed by atoms with Gasteiger partial charge in [0.05, 0.1) is 0 Å². The lowest BCUT2D eigenvalue weighted by Gasteiger charge is -1.88. The van der Waals surface area contributed by atoms with Crippen molar-refractivity contribution < 1.29 is 0 Å². The lowest BCUT2D eigenvalue weighted by Crippen LogP contribution is -1.91. The fourth-order valence-electron chi connectivity index (χ4n) is 0.664. The quantitative estimate of drug-likeness (QED) is 0.676. The van der Waals surface area contributed by atoms with Crippen LogP contribution >= 0.6 is 22.9 Å². The van der Waals surface area contributed by atoms with E-state index in [1.165, 1.54) is 22.3 Å². The number of halogens is 1. The third-order valence-electron chi connectivity index (χ3n) is 1.08. The molecule has 0 fully saturated rings. The molecule has 2 aromatic heterocycles. The highest BCUT2D eigenvalue weighted by molar-refractivity contribution is 7.12. The Labute approximate surface area is 71.5 Å². The Hall–Kier alpha value is -0.940. The number of hydrogen-bond acceptors (Lipinski definition) is 4. The summed E-state index contributed by atoms with van der Waals surface area (Å²) in [5.41, 5.74) is 0. The van der Waals surface area contributed by atoms with Crippen LogP contribution in [0.15, 0.2) is 17.9 Å². The van der Waals surface area contributed by atoms with Crippen LogP contribution in [-0.2, 0) is 0 Å². The molecule has 2 heterocycles. The fourth-order valence-corrected chi connectivity index (χ4v) is 1.35. The number of rotatable bonds is 1. The molecule has 0 unspecified atom stereocenters. The van der Waals surface area contributed by atoms with Gasteiger partial charge in [0, 0.05) is 11.6 Å². The van der Waals surface area contributed by atoms with Gasteiger partial charge in [0.2, 0.25) is 10.4 Å². The van der Waals surface area contributed by atoms with Crippen LogP contribution in [0.5, 0.6) is 0 Å². The summed E-state index contributed by atoms with van der Waals surface area (Å²) in [6.07, 6.45) is 3.23. The molecule has 2 aromatic rings. The van der Waals surface area contributed by atoms with E-state index in [2.05, 4.69) is 15.1 Å². The first-order valence-corrected chi connectivity index (χ1v) is 4.09. The zero-order chi connectivity index (χ0) is 7.68. The summed E-state index contributed by atoms with van der Waals surface area (Å²) in [4.78, 5) is 7.78. The van der Waals surface area contributed by atoms with Crippen molar-refractivity contribution in [2.45, 2.75) is 0 Å². The van der Waals surface area contributed by atoms with Crippen LogP contribution in [-0.4, -0.2) is 19.7 Å². The summed E-state index contributed by atoms with van der Waals surface area (Å²) in [5.74, 6) is 0. The molecule has 2 rings (SSSR count). The van der Waals surface area contributed by atoms with Crippen LogP contribution in [0.3, 0.4) is 0 Å². The molecular weight excluding hydrogens is 184 g/mol. The van der Waals surface area contributed by atoms with Crippen LogP contribution in [0.25, 0.3) is 5.13 Å². The molecule has 0 saturated carbocycles. The summed E-state index contributed by atoms with van der Waals surface area (Å²) in [6, 6.07) is 0. The lowest BCUT2D eigenvalue weighted by atomic mass is 11.0. The summed E-state index contributed by atoms with van der Waals surface area (Å²) in [7, 11) is 0. The molecule has 0 spiro atoms. The van der Waals surface area contributed by atoms with Crippen molar-refractivity contribution in [3.63, 3.8) is 0 Å². The third-order valence-corrected chi connectivity index (χ3v) is 2.01. The van der Waals surface area contributed by atoms with Gasteiger partial charge < -0.3 is 0 Å². The van der Waals surface area contributed by atoms with E-state index in [-0.39, 0.29) is 5.28 Å². The second-order valence-electron chi connectivity index (χ2n) is 1.77. The van der Waals surface area contributed by atoms with E-state index in [4.69, 9.17) is 11.6 Å². The average Bonchev–Trinajstić information content (AvgIpc) is 2.55. The molecule has 0 aromatic carbocycles. The molecule has 0 amide bonds. The first-order chi connectivity index (χ1) is 5.36. The Morgan fingerprint density at radius 3 is 2.91 bits per heavy atom. The van der Waals surface area contributed by atoms with E-state index in [0.29, 0.717) is 0 Å². The van der Waals surface area contributed by atoms with Gasteiger partial charge in [0.25, 0.3) is 0 Å². The monoisotopic (exact) mass is 186 g/mol. The molecule has 0 bridgehead atoms. The highest BCUT2D eigenvalue weighted by atomic mass is 35.5. The van der Waals surface area contributed by atoms with Gasteiger partial charge >= 0.3 is 0 Å². The maximum Gasteiger partial charge on any atom is 0.242 e. The summed E-state index contributed by atoms with van der Waals surface area (Å²) < 4.78 is 1.53. The average molecular weight is 187 g/mol. The van der Waals surface area contributed by atoms with Crippen molar-refractivity contribution in [2.24, 2.45) is 0 Å². The molecular formula is C5H3ClN4S. The van der Waals surface area contributed by atoms with E-state index >= 15 is 0 Å². The lowest BCUT2D eigenvalue weighted by molar-refractivity contribution is 0.868. The molecule has 0 aliphatic heterocycles. The van der Waals surface area contributed by atoms with Crippen LogP contribution < -0.4 is 0 Å². The van der Waals surface area contributed by atoms with Gasteiger partial charge in [0.1, 0.15) is 6.33 Å². The van der Waals surface area contributed by atoms with Crippen molar-refractivity contribution in [1.82, 2.24) is 19.7 Å². The zero-order valence-electron chi connectivity index (χ0n) is 5.31. The van der Waals surface area contributed by atoms with Crippen LogP contribution in [0.1, 0.15) is 0 Å². The zero-order valence-corrected chi connectivity index (χ0v) is 6.88. The Morgan fingerprint density at radius 1 is 1.45 bits per heavy atom. The van der Waals surface area contributed by atoms with Crippen LogP contribution in [0.2, 0.25) is 5.28 Å². The predicted octanol–water partition coefficient (Wildman–Crippen LogP) is 1.38. The van der Waals surface area contributed by atoms with Gasteiger partial charge in [-0.2, -0.15) is 4.68 Å². The van der Waals surface area contributed by atoms with Crippen molar-refractivity contribution in [1.29, 1.82) is 0 Å². The van der Waals surface area contributed by atoms with Crippen molar-refractivity contribution in [3.05, 3.63) is 23.2 Å². The summed E-state index contributed by atoms with van der Waals surface area (Å²) >= 11 is 6.99. The molecule has 6 heteroatoms. The predicted molar refractivity (Wildman–Crippen MR) is 42.0 cm³/mol.